The monoisotopic (exact) mass is 381 g/mol. The zero-order chi connectivity index (χ0) is 19.8. The molecule has 3 N–H and O–H groups in total. The van der Waals surface area contributed by atoms with Gasteiger partial charge in [0.15, 0.2) is 0 Å². The van der Waals surface area contributed by atoms with E-state index in [2.05, 4.69) is 22.9 Å². The van der Waals surface area contributed by atoms with Crippen LogP contribution < -0.4 is 20.7 Å². The Morgan fingerprint density at radius 3 is 2.14 bits per heavy atom. The summed E-state index contributed by atoms with van der Waals surface area (Å²) in [4.78, 5) is 24.0. The number of rotatable bonds is 9. The first kappa shape index (κ1) is 19.7. The number of benzene rings is 2. The molecule has 1 saturated carbocycles. The smallest absolute Gasteiger partial charge is 0.323 e. The van der Waals surface area contributed by atoms with E-state index in [9.17, 15) is 9.59 Å². The molecule has 0 radical (unpaired) electrons. The van der Waals surface area contributed by atoms with E-state index in [4.69, 9.17) is 4.74 Å². The lowest BCUT2D eigenvalue weighted by atomic mass is 10.1. The molecule has 28 heavy (non-hydrogen) atoms. The molecule has 0 spiro atoms. The van der Waals surface area contributed by atoms with Gasteiger partial charge < -0.3 is 20.7 Å². The van der Waals surface area contributed by atoms with Crippen LogP contribution in [0.4, 0.5) is 16.2 Å². The molecule has 3 rings (SSSR count). The van der Waals surface area contributed by atoms with Crippen molar-refractivity contribution >= 4 is 23.3 Å². The van der Waals surface area contributed by atoms with Crippen molar-refractivity contribution in [2.24, 2.45) is 0 Å². The molecule has 6 nitrogen and oxygen atoms in total. The quantitative estimate of drug-likeness (QED) is 0.566. The summed E-state index contributed by atoms with van der Waals surface area (Å²) >= 11 is 0. The van der Waals surface area contributed by atoms with Gasteiger partial charge in [-0.1, -0.05) is 25.5 Å². The van der Waals surface area contributed by atoms with Gasteiger partial charge in [-0.3, -0.25) is 4.79 Å². The number of anilines is 2. The Balaban J connectivity index is 1.44. The molecule has 0 saturated heterocycles. The van der Waals surface area contributed by atoms with Crippen molar-refractivity contribution in [2.45, 2.75) is 45.1 Å². The van der Waals surface area contributed by atoms with Crippen molar-refractivity contribution in [3.63, 3.8) is 0 Å². The van der Waals surface area contributed by atoms with Crippen molar-refractivity contribution in [1.82, 2.24) is 5.32 Å². The number of carbonyl (C=O) groups is 2. The van der Waals surface area contributed by atoms with Gasteiger partial charge in [-0.25, -0.2) is 4.79 Å². The number of urea groups is 1. The van der Waals surface area contributed by atoms with Gasteiger partial charge in [0.2, 0.25) is 5.91 Å². The van der Waals surface area contributed by atoms with Gasteiger partial charge in [-0.15, -0.1) is 0 Å². The van der Waals surface area contributed by atoms with Crippen LogP contribution in [-0.2, 0) is 11.2 Å². The first-order chi connectivity index (χ1) is 13.6. The molecule has 148 valence electrons. The van der Waals surface area contributed by atoms with Gasteiger partial charge in [-0.2, -0.15) is 0 Å². The van der Waals surface area contributed by atoms with Gasteiger partial charge in [0.05, 0.1) is 13.0 Å². The minimum absolute atomic E-state index is 0.0445. The summed E-state index contributed by atoms with van der Waals surface area (Å²) in [5.74, 6) is 0.837. The Bertz CT molecular complexity index is 784. The Morgan fingerprint density at radius 2 is 1.57 bits per heavy atom. The number of amides is 3. The molecular weight excluding hydrogens is 354 g/mol. The highest BCUT2D eigenvalue weighted by Crippen LogP contribution is 2.19. The average Bonchev–Trinajstić information content (AvgIpc) is 3.49. The summed E-state index contributed by atoms with van der Waals surface area (Å²) in [5, 5.41) is 8.55. The SMILES string of the molecule is CCCCOc1ccc(NC(=O)Nc2ccc(CC(=O)NC3CC3)cc2)cc1. The number of carbonyl (C=O) groups excluding carboxylic acids is 2. The third-order valence-corrected chi connectivity index (χ3v) is 4.40. The fourth-order valence-electron chi connectivity index (χ4n) is 2.66. The minimum Gasteiger partial charge on any atom is -0.494 e. The van der Waals surface area contributed by atoms with Crippen molar-refractivity contribution in [1.29, 1.82) is 0 Å². The third kappa shape index (κ3) is 6.61. The Morgan fingerprint density at radius 1 is 0.964 bits per heavy atom. The van der Waals surface area contributed by atoms with E-state index in [1.807, 2.05) is 36.4 Å². The number of hydrogen-bond acceptors (Lipinski definition) is 3. The van der Waals surface area contributed by atoms with Crippen molar-refractivity contribution < 1.29 is 14.3 Å². The molecule has 0 unspecified atom stereocenters. The second-order valence-corrected chi connectivity index (χ2v) is 7.02. The minimum atomic E-state index is -0.320. The maximum Gasteiger partial charge on any atom is 0.323 e. The molecule has 0 bridgehead atoms. The standard InChI is InChI=1S/C22H27N3O3/c1-2-3-14-28-20-12-10-19(11-13-20)25-22(27)24-18-6-4-16(5-7-18)15-21(26)23-17-8-9-17/h4-7,10-13,17H,2-3,8-9,14-15H2,1H3,(H,23,26)(H2,24,25,27). The van der Waals surface area contributed by atoms with Crippen molar-refractivity contribution in [2.75, 3.05) is 17.2 Å². The first-order valence-corrected chi connectivity index (χ1v) is 9.81. The van der Waals surface area contributed by atoms with Crippen LogP contribution in [0.2, 0.25) is 0 Å². The first-order valence-electron chi connectivity index (χ1n) is 9.81. The highest BCUT2D eigenvalue weighted by atomic mass is 16.5. The highest BCUT2D eigenvalue weighted by molar-refractivity contribution is 5.99. The van der Waals surface area contributed by atoms with Crippen molar-refractivity contribution in [3.8, 4) is 5.75 Å². The summed E-state index contributed by atoms with van der Waals surface area (Å²) in [5.41, 5.74) is 2.28. The summed E-state index contributed by atoms with van der Waals surface area (Å²) in [6.07, 6.45) is 4.63. The van der Waals surface area contributed by atoms with Gasteiger partial charge in [0.25, 0.3) is 0 Å². The largest absolute Gasteiger partial charge is 0.494 e. The predicted octanol–water partition coefficient (Wildman–Crippen LogP) is 4.33. The highest BCUT2D eigenvalue weighted by Gasteiger charge is 2.23. The number of nitrogens with one attached hydrogen (secondary N) is 3. The number of unbranched alkanes of at least 4 members (excludes halogenated alkanes) is 1. The Labute approximate surface area is 165 Å². The van der Waals surface area contributed by atoms with E-state index in [0.717, 1.165) is 37.0 Å². The maximum absolute atomic E-state index is 12.2. The van der Waals surface area contributed by atoms with Gasteiger partial charge in [0, 0.05) is 17.4 Å². The second-order valence-electron chi connectivity index (χ2n) is 7.02. The van der Waals surface area contributed by atoms with Crippen LogP contribution in [0.15, 0.2) is 48.5 Å². The molecule has 3 amide bonds. The van der Waals surface area contributed by atoms with Crippen LogP contribution in [0.25, 0.3) is 0 Å². The van der Waals surface area contributed by atoms with E-state index in [1.54, 1.807) is 12.1 Å². The van der Waals surface area contributed by atoms with Gasteiger partial charge in [0.1, 0.15) is 5.75 Å². The molecular formula is C22H27N3O3. The number of ether oxygens (including phenoxy) is 1. The molecule has 0 heterocycles. The normalized spacial score (nSPS) is 12.9. The van der Waals surface area contributed by atoms with Crippen LogP contribution in [0.5, 0.6) is 5.75 Å². The van der Waals surface area contributed by atoms with Gasteiger partial charge in [-0.05, 0) is 61.2 Å². The molecule has 0 aliphatic heterocycles. The van der Waals surface area contributed by atoms with Crippen LogP contribution in [0.1, 0.15) is 38.2 Å². The van der Waals surface area contributed by atoms with Crippen LogP contribution in [0, 0.1) is 0 Å². The zero-order valence-corrected chi connectivity index (χ0v) is 16.2. The predicted molar refractivity (Wildman–Crippen MR) is 111 cm³/mol. The lowest BCUT2D eigenvalue weighted by molar-refractivity contribution is -0.120. The average molecular weight is 381 g/mol. The summed E-state index contributed by atoms with van der Waals surface area (Å²) < 4.78 is 5.61. The second kappa shape index (κ2) is 9.78. The van der Waals surface area contributed by atoms with E-state index >= 15 is 0 Å². The fourth-order valence-corrected chi connectivity index (χ4v) is 2.66. The van der Waals surface area contributed by atoms with E-state index in [1.165, 1.54) is 0 Å². The summed E-state index contributed by atoms with van der Waals surface area (Å²) in [6, 6.07) is 14.6. The van der Waals surface area contributed by atoms with E-state index in [-0.39, 0.29) is 11.9 Å². The van der Waals surface area contributed by atoms with Gasteiger partial charge >= 0.3 is 6.03 Å². The van der Waals surface area contributed by atoms with E-state index < -0.39 is 0 Å². The lowest BCUT2D eigenvalue weighted by Gasteiger charge is -2.10. The van der Waals surface area contributed by atoms with Crippen LogP contribution in [-0.4, -0.2) is 24.6 Å². The zero-order valence-electron chi connectivity index (χ0n) is 16.2. The summed E-state index contributed by atoms with van der Waals surface area (Å²) in [6.45, 7) is 2.82. The maximum atomic E-state index is 12.2. The molecule has 0 atom stereocenters. The number of hydrogen-bond donors (Lipinski definition) is 3. The van der Waals surface area contributed by atoms with Crippen LogP contribution in [0.3, 0.4) is 0 Å². The molecule has 2 aromatic carbocycles. The van der Waals surface area contributed by atoms with Crippen LogP contribution >= 0.6 is 0 Å². The van der Waals surface area contributed by atoms with Crippen molar-refractivity contribution in [3.05, 3.63) is 54.1 Å². The molecule has 2 aromatic rings. The Kier molecular flexibility index (Phi) is 6.89. The lowest BCUT2D eigenvalue weighted by Crippen LogP contribution is -2.26. The third-order valence-electron chi connectivity index (χ3n) is 4.40. The fraction of sp³-hybridized carbons (Fsp3) is 0.364. The Hall–Kier alpha value is -3.02. The topological polar surface area (TPSA) is 79.5 Å². The molecule has 1 aliphatic rings. The summed E-state index contributed by atoms with van der Waals surface area (Å²) in [7, 11) is 0. The molecule has 6 heteroatoms. The molecule has 0 aromatic heterocycles. The molecule has 1 fully saturated rings. The van der Waals surface area contributed by atoms with E-state index in [0.29, 0.717) is 30.4 Å². The molecule has 1 aliphatic carbocycles.